The summed E-state index contributed by atoms with van der Waals surface area (Å²) in [5.74, 6) is -1.22. The fourth-order valence-electron chi connectivity index (χ4n) is 5.13. The number of aliphatic hydroxyl groups excluding tert-OH is 3. The number of rotatable bonds is 39. The molecule has 350 valence electrons. The first-order valence-electron chi connectivity index (χ1n) is 21.5. The van der Waals surface area contributed by atoms with Crippen molar-refractivity contribution in [2.24, 2.45) is 0 Å². The molecule has 0 saturated carbocycles. The zero-order chi connectivity index (χ0) is 45.5. The maximum atomic E-state index is 12.6. The van der Waals surface area contributed by atoms with Crippen molar-refractivity contribution in [3.8, 4) is 0 Å². The van der Waals surface area contributed by atoms with Crippen LogP contribution < -0.4 is 0 Å². The molecule has 17 heteroatoms. The maximum Gasteiger partial charge on any atom is 0.472 e. The highest BCUT2D eigenvalue weighted by Gasteiger charge is 2.28. The third-order valence-corrected chi connectivity index (χ3v) is 9.87. The molecular formula is C44H74O15P2. The Labute approximate surface area is 363 Å². The van der Waals surface area contributed by atoms with Gasteiger partial charge in [0.25, 0.3) is 0 Å². The predicted molar refractivity (Wildman–Crippen MR) is 237 cm³/mol. The number of ether oxygens (including phenoxy) is 2. The zero-order valence-electron chi connectivity index (χ0n) is 36.2. The summed E-state index contributed by atoms with van der Waals surface area (Å²) in [6.45, 7) is 1.32. The van der Waals surface area contributed by atoms with Crippen molar-refractivity contribution in [3.63, 3.8) is 0 Å². The number of carbonyl (C=O) groups excluding carboxylic acids is 2. The largest absolute Gasteiger partial charge is 0.472 e. The van der Waals surface area contributed by atoms with Gasteiger partial charge in [0.15, 0.2) is 6.10 Å². The summed E-state index contributed by atoms with van der Waals surface area (Å²) >= 11 is 0. The second kappa shape index (κ2) is 38.9. The van der Waals surface area contributed by atoms with Crippen molar-refractivity contribution in [3.05, 3.63) is 85.1 Å². The van der Waals surface area contributed by atoms with E-state index in [0.29, 0.717) is 32.1 Å². The van der Waals surface area contributed by atoms with Crippen LogP contribution in [0.1, 0.15) is 129 Å². The predicted octanol–water partition coefficient (Wildman–Crippen LogP) is 8.72. The van der Waals surface area contributed by atoms with Crippen molar-refractivity contribution < 1.29 is 71.8 Å². The van der Waals surface area contributed by atoms with Gasteiger partial charge in [-0.2, -0.15) is 0 Å². The van der Waals surface area contributed by atoms with Gasteiger partial charge < -0.3 is 39.5 Å². The SMILES string of the molecule is CC/C=C\C[C@@H](O)/C=C/C=C\C=C\[C@@H](O)C/C=C\C/C=C\CCC(=O)OC[C@H](COP(=O)(O)OC[C@@H](O)COP(=O)(O)O)OC(=O)CCCCCCC/C=C\CCCCCC. The number of phosphoric acid groups is 2. The number of carbonyl (C=O) groups is 2. The van der Waals surface area contributed by atoms with Crippen molar-refractivity contribution in [1.82, 2.24) is 0 Å². The van der Waals surface area contributed by atoms with Gasteiger partial charge in [-0.1, -0.05) is 137 Å². The summed E-state index contributed by atoms with van der Waals surface area (Å²) in [5.41, 5.74) is 0. The van der Waals surface area contributed by atoms with E-state index < -0.39 is 78.4 Å². The molecule has 0 aliphatic rings. The summed E-state index contributed by atoms with van der Waals surface area (Å²) in [4.78, 5) is 52.6. The molecule has 0 saturated heterocycles. The highest BCUT2D eigenvalue weighted by atomic mass is 31.2. The highest BCUT2D eigenvalue weighted by Crippen LogP contribution is 2.43. The molecule has 0 aromatic rings. The Morgan fingerprint density at radius 1 is 0.557 bits per heavy atom. The van der Waals surface area contributed by atoms with Gasteiger partial charge in [-0.05, 0) is 64.2 Å². The van der Waals surface area contributed by atoms with E-state index in [1.165, 1.54) is 25.7 Å². The molecule has 0 aromatic heterocycles. The van der Waals surface area contributed by atoms with Crippen LogP contribution in [0.5, 0.6) is 0 Å². The Balaban J connectivity index is 4.76. The van der Waals surface area contributed by atoms with Crippen LogP contribution in [-0.4, -0.2) is 92.8 Å². The van der Waals surface area contributed by atoms with Gasteiger partial charge in [0.05, 0.1) is 32.0 Å². The van der Waals surface area contributed by atoms with Crippen LogP contribution in [0, 0.1) is 0 Å². The number of unbranched alkanes of at least 4 members (excludes halogenated alkanes) is 9. The van der Waals surface area contributed by atoms with E-state index in [9.17, 15) is 38.9 Å². The molecule has 0 spiro atoms. The first-order chi connectivity index (χ1) is 29.2. The Bertz CT molecular complexity index is 1430. The molecule has 0 fully saturated rings. The lowest BCUT2D eigenvalue weighted by molar-refractivity contribution is -0.161. The monoisotopic (exact) mass is 904 g/mol. The normalized spacial score (nSPS) is 15.9. The number of aliphatic hydroxyl groups is 3. The smallest absolute Gasteiger partial charge is 0.462 e. The minimum Gasteiger partial charge on any atom is -0.462 e. The lowest BCUT2D eigenvalue weighted by atomic mass is 10.1. The Morgan fingerprint density at radius 2 is 1.10 bits per heavy atom. The van der Waals surface area contributed by atoms with Crippen molar-refractivity contribution >= 4 is 27.6 Å². The van der Waals surface area contributed by atoms with E-state index in [1.54, 1.807) is 42.5 Å². The minimum absolute atomic E-state index is 0.00768. The number of hydrogen-bond donors (Lipinski definition) is 6. The van der Waals surface area contributed by atoms with Gasteiger partial charge in [0.2, 0.25) is 0 Å². The number of hydrogen-bond acceptors (Lipinski definition) is 12. The van der Waals surface area contributed by atoms with Gasteiger partial charge in [0.1, 0.15) is 12.7 Å². The van der Waals surface area contributed by atoms with E-state index in [0.717, 1.165) is 44.9 Å². The average Bonchev–Trinajstić information content (AvgIpc) is 3.21. The van der Waals surface area contributed by atoms with Gasteiger partial charge in [-0.3, -0.25) is 23.2 Å². The first kappa shape index (κ1) is 58.2. The Hall–Kier alpha value is -2.78. The molecule has 0 aliphatic carbocycles. The first-order valence-corrected chi connectivity index (χ1v) is 24.5. The second-order valence-electron chi connectivity index (χ2n) is 14.3. The molecule has 0 rings (SSSR count). The van der Waals surface area contributed by atoms with Crippen molar-refractivity contribution in [1.29, 1.82) is 0 Å². The topological polar surface area (TPSA) is 236 Å². The molecule has 0 heterocycles. The third kappa shape index (κ3) is 42.3. The van der Waals surface area contributed by atoms with E-state index in [-0.39, 0.29) is 12.8 Å². The van der Waals surface area contributed by atoms with Gasteiger partial charge in [0, 0.05) is 12.8 Å². The molecule has 15 nitrogen and oxygen atoms in total. The summed E-state index contributed by atoms with van der Waals surface area (Å²) in [7, 11) is -9.74. The zero-order valence-corrected chi connectivity index (χ0v) is 38.0. The summed E-state index contributed by atoms with van der Waals surface area (Å²) in [6.07, 6.45) is 36.6. The number of esters is 2. The van der Waals surface area contributed by atoms with E-state index in [2.05, 4.69) is 28.1 Å². The highest BCUT2D eigenvalue weighted by molar-refractivity contribution is 7.47. The van der Waals surface area contributed by atoms with Gasteiger partial charge >= 0.3 is 27.6 Å². The standard InChI is InChI=1S/C44H74O15P2/c1-3-5-7-8-9-10-11-12-13-14-15-20-28-34-44(49)59-42(38-58-61(53,54)57-36-41(47)35-56-60(50,51)52)37-55-43(48)33-27-19-17-16-18-24-30-40(46)32-26-22-21-25-31-39(45)29-23-6-4-2/h6,10-11,17-19,21-26,31-32,39-42,45-47H,3-5,7-9,12-16,20,27-30,33-38H2,1-2H3,(H,53,54)(H2,50,51,52)/b11-10-,19-17-,22-21-,23-6-,24-18-,31-25+,32-26+/t39-,40+,41+,42-/m1/s1. The van der Waals surface area contributed by atoms with Crippen LogP contribution in [0.2, 0.25) is 0 Å². The van der Waals surface area contributed by atoms with Crippen LogP contribution in [0.15, 0.2) is 85.1 Å². The fraction of sp³-hybridized carbons (Fsp3) is 0.636. The Morgan fingerprint density at radius 3 is 1.72 bits per heavy atom. The molecule has 1 unspecified atom stereocenters. The van der Waals surface area contributed by atoms with Crippen LogP contribution in [0.4, 0.5) is 0 Å². The van der Waals surface area contributed by atoms with Crippen molar-refractivity contribution in [2.45, 2.75) is 154 Å². The quantitative estimate of drug-likeness (QED) is 0.0111. The molecule has 0 bridgehead atoms. The van der Waals surface area contributed by atoms with Crippen LogP contribution >= 0.6 is 15.6 Å². The van der Waals surface area contributed by atoms with E-state index in [4.69, 9.17) is 23.8 Å². The molecule has 0 amide bonds. The Kier molecular flexibility index (Phi) is 37.1. The summed E-state index contributed by atoms with van der Waals surface area (Å²) in [6, 6.07) is 0. The maximum absolute atomic E-state index is 12.6. The molecule has 0 aromatic carbocycles. The second-order valence-corrected chi connectivity index (χ2v) is 17.0. The molecule has 0 radical (unpaired) electrons. The molecule has 0 aliphatic heterocycles. The molecular weight excluding hydrogens is 830 g/mol. The third-order valence-electron chi connectivity index (χ3n) is 8.44. The van der Waals surface area contributed by atoms with Crippen LogP contribution in [0.25, 0.3) is 0 Å². The van der Waals surface area contributed by atoms with E-state index in [1.807, 2.05) is 37.3 Å². The van der Waals surface area contributed by atoms with Crippen molar-refractivity contribution in [2.75, 3.05) is 26.4 Å². The van der Waals surface area contributed by atoms with Crippen LogP contribution in [-0.2, 0) is 41.8 Å². The lowest BCUT2D eigenvalue weighted by Gasteiger charge is -2.20. The molecule has 5 atom stereocenters. The number of allylic oxidation sites excluding steroid dienone is 10. The van der Waals surface area contributed by atoms with Crippen LogP contribution in [0.3, 0.4) is 0 Å². The minimum atomic E-state index is -4.89. The fourth-order valence-corrected chi connectivity index (χ4v) is 6.29. The number of phosphoric ester groups is 2. The lowest BCUT2D eigenvalue weighted by Crippen LogP contribution is -2.29. The van der Waals surface area contributed by atoms with E-state index >= 15 is 0 Å². The van der Waals surface area contributed by atoms with Gasteiger partial charge in [-0.25, -0.2) is 9.13 Å². The summed E-state index contributed by atoms with van der Waals surface area (Å²) < 4.78 is 47.6. The average molecular weight is 905 g/mol. The molecule has 6 N–H and O–H groups in total. The summed E-state index contributed by atoms with van der Waals surface area (Å²) in [5, 5.41) is 29.7. The van der Waals surface area contributed by atoms with Gasteiger partial charge in [-0.15, -0.1) is 0 Å². The molecule has 61 heavy (non-hydrogen) atoms.